The molecule has 5 heteroatoms. The van der Waals surface area contributed by atoms with Crippen LogP contribution in [-0.4, -0.2) is 17.1 Å². The first-order valence-electron chi connectivity index (χ1n) is 6.93. The molecule has 0 saturated heterocycles. The van der Waals surface area contributed by atoms with Gasteiger partial charge in [-0.15, -0.1) is 0 Å². The van der Waals surface area contributed by atoms with Crippen LogP contribution >= 0.6 is 0 Å². The maximum atomic E-state index is 12.1. The van der Waals surface area contributed by atoms with Crippen LogP contribution in [0.3, 0.4) is 0 Å². The monoisotopic (exact) mass is 287 g/mol. The molecule has 5 nitrogen and oxygen atoms in total. The molecule has 1 aromatic heterocycles. The minimum absolute atomic E-state index is 0.0898. The number of hydrogen-bond donors (Lipinski definition) is 2. The summed E-state index contributed by atoms with van der Waals surface area (Å²) in [6.07, 6.45) is 0. The second-order valence-electron chi connectivity index (χ2n) is 5.15. The van der Waals surface area contributed by atoms with E-state index in [1.54, 1.807) is 14.0 Å². The Hall–Kier alpha value is -2.14. The number of aromatic amines is 1. The standard InChI is InChI=1S/C16H21N3O2/c1-10-15(16(20)19-12(3)17-10)11(2)18-14-7-5-6-13(8-14)9-21-4/h5-8,11,18H,9H2,1-4H3,(H,17,19,20). The molecule has 21 heavy (non-hydrogen) atoms. The van der Waals surface area contributed by atoms with Crippen molar-refractivity contribution < 1.29 is 4.74 Å². The molecule has 0 aliphatic carbocycles. The molecule has 2 N–H and O–H groups in total. The van der Waals surface area contributed by atoms with Gasteiger partial charge in [0.15, 0.2) is 0 Å². The van der Waals surface area contributed by atoms with E-state index in [0.717, 1.165) is 16.9 Å². The highest BCUT2D eigenvalue weighted by Crippen LogP contribution is 2.19. The Morgan fingerprint density at radius 2 is 2.14 bits per heavy atom. The van der Waals surface area contributed by atoms with Crippen LogP contribution in [0.4, 0.5) is 5.69 Å². The van der Waals surface area contributed by atoms with Gasteiger partial charge in [-0.3, -0.25) is 4.79 Å². The molecule has 0 radical (unpaired) electrons. The molecule has 1 heterocycles. The Labute approximate surface area is 124 Å². The van der Waals surface area contributed by atoms with Gasteiger partial charge in [0.25, 0.3) is 5.56 Å². The minimum Gasteiger partial charge on any atom is -0.380 e. The Balaban J connectivity index is 2.24. The second kappa shape index (κ2) is 6.54. The molecule has 1 atom stereocenters. The van der Waals surface area contributed by atoms with Crippen LogP contribution in [0.25, 0.3) is 0 Å². The van der Waals surface area contributed by atoms with Crippen molar-refractivity contribution in [1.82, 2.24) is 9.97 Å². The first-order chi connectivity index (χ1) is 10.0. The number of aromatic nitrogens is 2. The molecular formula is C16H21N3O2. The molecule has 112 valence electrons. The van der Waals surface area contributed by atoms with E-state index in [1.165, 1.54) is 0 Å². The van der Waals surface area contributed by atoms with Gasteiger partial charge in [-0.25, -0.2) is 4.98 Å². The highest BCUT2D eigenvalue weighted by atomic mass is 16.5. The first-order valence-corrected chi connectivity index (χ1v) is 6.93. The van der Waals surface area contributed by atoms with E-state index in [9.17, 15) is 4.79 Å². The molecule has 0 spiro atoms. The van der Waals surface area contributed by atoms with Gasteiger partial charge in [0.2, 0.25) is 0 Å². The summed E-state index contributed by atoms with van der Waals surface area (Å²) in [5.41, 5.74) is 3.37. The van der Waals surface area contributed by atoms with Crippen LogP contribution in [0.15, 0.2) is 29.1 Å². The molecule has 0 bridgehead atoms. The summed E-state index contributed by atoms with van der Waals surface area (Å²) in [7, 11) is 1.67. The highest BCUT2D eigenvalue weighted by molar-refractivity contribution is 5.47. The number of hydrogen-bond acceptors (Lipinski definition) is 4. The lowest BCUT2D eigenvalue weighted by Crippen LogP contribution is -2.23. The number of benzene rings is 1. The van der Waals surface area contributed by atoms with E-state index in [4.69, 9.17) is 4.74 Å². The van der Waals surface area contributed by atoms with Gasteiger partial charge in [-0.05, 0) is 38.5 Å². The van der Waals surface area contributed by atoms with E-state index >= 15 is 0 Å². The summed E-state index contributed by atoms with van der Waals surface area (Å²) < 4.78 is 5.13. The van der Waals surface area contributed by atoms with Crippen molar-refractivity contribution >= 4 is 5.69 Å². The number of rotatable bonds is 5. The number of methoxy groups -OCH3 is 1. The number of nitrogens with zero attached hydrogens (tertiary/aromatic N) is 1. The first kappa shape index (κ1) is 15.3. The lowest BCUT2D eigenvalue weighted by Gasteiger charge is -2.17. The second-order valence-corrected chi connectivity index (χ2v) is 5.15. The van der Waals surface area contributed by atoms with Gasteiger partial charge in [-0.1, -0.05) is 12.1 Å². The van der Waals surface area contributed by atoms with Gasteiger partial charge >= 0.3 is 0 Å². The van der Waals surface area contributed by atoms with Gasteiger partial charge in [0, 0.05) is 12.8 Å². The topological polar surface area (TPSA) is 67.0 Å². The van der Waals surface area contributed by atoms with Gasteiger partial charge < -0.3 is 15.0 Å². The summed E-state index contributed by atoms with van der Waals surface area (Å²) in [4.78, 5) is 19.2. The number of ether oxygens (including phenoxy) is 1. The van der Waals surface area contributed by atoms with Crippen molar-refractivity contribution in [3.05, 3.63) is 57.3 Å². The third-order valence-corrected chi connectivity index (χ3v) is 3.32. The normalized spacial score (nSPS) is 12.2. The van der Waals surface area contributed by atoms with E-state index in [2.05, 4.69) is 15.3 Å². The number of aryl methyl sites for hydroxylation is 2. The summed E-state index contributed by atoms with van der Waals surface area (Å²) in [5.74, 6) is 0.635. The zero-order valence-corrected chi connectivity index (χ0v) is 12.9. The van der Waals surface area contributed by atoms with Crippen LogP contribution in [0.5, 0.6) is 0 Å². The molecule has 2 rings (SSSR count). The van der Waals surface area contributed by atoms with E-state index in [0.29, 0.717) is 18.0 Å². The van der Waals surface area contributed by atoms with Crippen LogP contribution in [-0.2, 0) is 11.3 Å². The van der Waals surface area contributed by atoms with Crippen molar-refractivity contribution in [2.45, 2.75) is 33.4 Å². The minimum atomic E-state index is -0.125. The third-order valence-electron chi connectivity index (χ3n) is 3.32. The predicted molar refractivity (Wildman–Crippen MR) is 83.5 cm³/mol. The van der Waals surface area contributed by atoms with Gasteiger partial charge in [0.05, 0.1) is 23.9 Å². The van der Waals surface area contributed by atoms with Crippen LogP contribution < -0.4 is 10.9 Å². The summed E-state index contributed by atoms with van der Waals surface area (Å²) in [6.45, 7) is 6.16. The lowest BCUT2D eigenvalue weighted by atomic mass is 10.1. The Morgan fingerprint density at radius 3 is 2.81 bits per heavy atom. The van der Waals surface area contributed by atoms with Crippen molar-refractivity contribution in [2.24, 2.45) is 0 Å². The lowest BCUT2D eigenvalue weighted by molar-refractivity contribution is 0.185. The fourth-order valence-electron chi connectivity index (χ4n) is 2.49. The molecule has 0 aliphatic rings. The molecule has 0 fully saturated rings. The molecule has 2 aromatic rings. The average molecular weight is 287 g/mol. The molecule has 0 aliphatic heterocycles. The largest absolute Gasteiger partial charge is 0.380 e. The van der Waals surface area contributed by atoms with Crippen molar-refractivity contribution in [3.8, 4) is 0 Å². The predicted octanol–water partition coefficient (Wildman–Crippen LogP) is 2.71. The highest BCUT2D eigenvalue weighted by Gasteiger charge is 2.14. The Morgan fingerprint density at radius 1 is 1.38 bits per heavy atom. The van der Waals surface area contributed by atoms with E-state index < -0.39 is 0 Å². The molecule has 0 amide bonds. The van der Waals surface area contributed by atoms with Crippen LogP contribution in [0.2, 0.25) is 0 Å². The van der Waals surface area contributed by atoms with Crippen LogP contribution in [0, 0.1) is 13.8 Å². The summed E-state index contributed by atoms with van der Waals surface area (Å²) in [6, 6.07) is 7.84. The van der Waals surface area contributed by atoms with Crippen molar-refractivity contribution in [2.75, 3.05) is 12.4 Å². The third kappa shape index (κ3) is 3.70. The number of anilines is 1. The summed E-state index contributed by atoms with van der Waals surface area (Å²) >= 11 is 0. The fourth-order valence-corrected chi connectivity index (χ4v) is 2.49. The number of H-pyrrole nitrogens is 1. The van der Waals surface area contributed by atoms with Gasteiger partial charge in [0.1, 0.15) is 5.82 Å². The average Bonchev–Trinajstić information content (AvgIpc) is 2.38. The SMILES string of the molecule is COCc1cccc(NC(C)c2c(C)nc(C)[nH]c2=O)c1. The maximum Gasteiger partial charge on any atom is 0.256 e. The molecule has 0 saturated carbocycles. The number of nitrogens with one attached hydrogen (secondary N) is 2. The molecular weight excluding hydrogens is 266 g/mol. The summed E-state index contributed by atoms with van der Waals surface area (Å²) in [5, 5.41) is 3.34. The zero-order chi connectivity index (χ0) is 15.4. The van der Waals surface area contributed by atoms with Crippen molar-refractivity contribution in [1.29, 1.82) is 0 Å². The molecule has 1 unspecified atom stereocenters. The van der Waals surface area contributed by atoms with Crippen LogP contribution in [0.1, 0.15) is 35.6 Å². The zero-order valence-electron chi connectivity index (χ0n) is 12.9. The van der Waals surface area contributed by atoms with Gasteiger partial charge in [-0.2, -0.15) is 0 Å². The van der Waals surface area contributed by atoms with E-state index in [1.807, 2.05) is 38.1 Å². The fraction of sp³-hybridized carbons (Fsp3) is 0.375. The Kier molecular flexibility index (Phi) is 4.75. The Bertz CT molecular complexity index is 679. The smallest absolute Gasteiger partial charge is 0.256 e. The maximum absolute atomic E-state index is 12.1. The quantitative estimate of drug-likeness (QED) is 0.887. The van der Waals surface area contributed by atoms with E-state index in [-0.39, 0.29) is 11.6 Å². The molecule has 1 aromatic carbocycles. The van der Waals surface area contributed by atoms with Crippen molar-refractivity contribution in [3.63, 3.8) is 0 Å².